The van der Waals surface area contributed by atoms with Crippen molar-refractivity contribution < 1.29 is 38.2 Å². The van der Waals surface area contributed by atoms with E-state index >= 15 is 0 Å². The summed E-state index contributed by atoms with van der Waals surface area (Å²) in [6.45, 7) is 4.53. The van der Waals surface area contributed by atoms with Crippen LogP contribution < -0.4 is 0 Å². The lowest BCUT2D eigenvalue weighted by Crippen LogP contribution is -2.50. The van der Waals surface area contributed by atoms with Crippen molar-refractivity contribution in [3.05, 3.63) is 85.1 Å². The zero-order valence-electron chi connectivity index (χ0n) is 44.5. The number of hydrogen-bond donors (Lipinski definition) is 1. The molecule has 0 bridgehead atoms. The summed E-state index contributed by atoms with van der Waals surface area (Å²) in [4.78, 5) is 37.3. The Morgan fingerprint density at radius 3 is 1.15 bits per heavy atom. The van der Waals surface area contributed by atoms with Gasteiger partial charge >= 0.3 is 17.9 Å². The summed E-state index contributed by atoms with van der Waals surface area (Å²) in [6, 6.07) is -0.620. The highest BCUT2D eigenvalue weighted by atomic mass is 16.6. The van der Waals surface area contributed by atoms with Crippen molar-refractivity contribution in [1.82, 2.24) is 0 Å². The Labute approximate surface area is 418 Å². The molecule has 8 nitrogen and oxygen atoms in total. The van der Waals surface area contributed by atoms with E-state index in [9.17, 15) is 19.5 Å². The van der Waals surface area contributed by atoms with Gasteiger partial charge in [-0.25, -0.2) is 4.79 Å². The largest absolute Gasteiger partial charge is 0.477 e. The minimum Gasteiger partial charge on any atom is -0.477 e. The van der Waals surface area contributed by atoms with Gasteiger partial charge in [-0.1, -0.05) is 208 Å². The second-order valence-electron chi connectivity index (χ2n) is 19.4. The van der Waals surface area contributed by atoms with Crippen molar-refractivity contribution in [3.8, 4) is 0 Å². The first-order valence-electron chi connectivity index (χ1n) is 27.6. The SMILES string of the molecule is CC/C=C/C/C=C/C/C=C/C/C=C/CCCCCCCCCCCCC(=O)OC(COCCC(C(=O)O)[N+](C)(C)C)COC(=O)CCCCCCCCCCCCC/C=C/C/C=C/C/C=C/CC. The van der Waals surface area contributed by atoms with E-state index < -0.39 is 18.1 Å². The zero-order chi connectivity index (χ0) is 49.9. The fourth-order valence-corrected chi connectivity index (χ4v) is 7.86. The standard InChI is InChI=1S/C60H103NO7/c1-6-8-10-12-14-16-18-20-22-24-26-28-29-31-33-35-37-39-41-43-45-47-49-51-59(63)68-56(54-66-53-52-57(60(64)65)61(3,4)5)55-67-58(62)50-48-46-44-42-40-38-36-34-32-30-27-25-23-21-19-17-15-13-11-9-7-2/h8-11,14-17,20-23,26,28,56-57H,6-7,12-13,18-19,24-25,27,29-55H2,1-5H3/p+1/b10-8+,11-9+,16-14+,17-15+,22-20+,23-21+,28-26+. The molecule has 0 amide bonds. The number of likely N-dealkylation sites (N-methyl/N-ethyl adjacent to an activating group) is 1. The third kappa shape index (κ3) is 47.6. The number of hydrogen-bond acceptors (Lipinski definition) is 6. The molecule has 0 aromatic heterocycles. The van der Waals surface area contributed by atoms with Crippen molar-refractivity contribution in [2.75, 3.05) is 41.0 Å². The maximum absolute atomic E-state index is 12.8. The molecule has 0 fully saturated rings. The van der Waals surface area contributed by atoms with E-state index in [1.807, 2.05) is 21.1 Å². The van der Waals surface area contributed by atoms with Crippen molar-refractivity contribution in [1.29, 1.82) is 0 Å². The fraction of sp³-hybridized carbons (Fsp3) is 0.717. The molecule has 0 saturated heterocycles. The maximum Gasteiger partial charge on any atom is 0.362 e. The Balaban J connectivity index is 4.21. The van der Waals surface area contributed by atoms with Gasteiger partial charge in [0, 0.05) is 19.3 Å². The number of unbranched alkanes of at least 4 members (excludes halogenated alkanes) is 21. The second-order valence-corrected chi connectivity index (χ2v) is 19.4. The van der Waals surface area contributed by atoms with Crippen LogP contribution >= 0.6 is 0 Å². The van der Waals surface area contributed by atoms with Crippen LogP contribution in [0.3, 0.4) is 0 Å². The highest BCUT2D eigenvalue weighted by Crippen LogP contribution is 2.16. The van der Waals surface area contributed by atoms with Gasteiger partial charge in [0.05, 0.1) is 34.4 Å². The molecule has 0 rings (SSSR count). The summed E-state index contributed by atoms with van der Waals surface area (Å²) >= 11 is 0. The van der Waals surface area contributed by atoms with Crippen molar-refractivity contribution in [2.24, 2.45) is 0 Å². The summed E-state index contributed by atoms with van der Waals surface area (Å²) in [6.07, 6.45) is 66.4. The third-order valence-electron chi connectivity index (χ3n) is 12.0. The van der Waals surface area contributed by atoms with Gasteiger partial charge in [-0.05, 0) is 83.5 Å². The van der Waals surface area contributed by atoms with Crippen molar-refractivity contribution >= 4 is 17.9 Å². The number of carboxylic acid groups (broad SMARTS) is 1. The summed E-state index contributed by atoms with van der Waals surface area (Å²) < 4.78 is 17.4. The predicted octanol–water partition coefficient (Wildman–Crippen LogP) is 16.4. The highest BCUT2D eigenvalue weighted by Gasteiger charge is 2.31. The van der Waals surface area contributed by atoms with E-state index in [1.165, 1.54) is 109 Å². The molecule has 0 saturated carbocycles. The number of allylic oxidation sites excluding steroid dienone is 14. The number of carbonyl (C=O) groups is 3. The second kappa shape index (κ2) is 49.9. The van der Waals surface area contributed by atoms with E-state index in [2.05, 4.69) is 98.9 Å². The van der Waals surface area contributed by atoms with Crippen LogP contribution in [0.25, 0.3) is 0 Å². The van der Waals surface area contributed by atoms with Crippen molar-refractivity contribution in [2.45, 2.75) is 238 Å². The Morgan fingerprint density at radius 1 is 0.441 bits per heavy atom. The molecule has 0 radical (unpaired) electrons. The normalized spacial score (nSPS) is 13.5. The number of esters is 2. The average Bonchev–Trinajstić information content (AvgIpc) is 3.30. The van der Waals surface area contributed by atoms with Crippen LogP contribution in [0.15, 0.2) is 85.1 Å². The van der Waals surface area contributed by atoms with E-state index in [0.29, 0.717) is 19.3 Å². The molecule has 8 heteroatoms. The van der Waals surface area contributed by atoms with Crippen LogP contribution in [0.2, 0.25) is 0 Å². The van der Waals surface area contributed by atoms with Gasteiger partial charge in [0.1, 0.15) is 6.61 Å². The predicted molar refractivity (Wildman–Crippen MR) is 289 cm³/mol. The molecule has 390 valence electrons. The molecule has 0 aromatic rings. The van der Waals surface area contributed by atoms with E-state index in [0.717, 1.165) is 83.5 Å². The molecule has 0 heterocycles. The molecule has 0 aliphatic heterocycles. The van der Waals surface area contributed by atoms with E-state index in [4.69, 9.17) is 14.2 Å². The Bertz CT molecular complexity index is 1380. The van der Waals surface area contributed by atoms with Crippen LogP contribution in [0, 0.1) is 0 Å². The van der Waals surface area contributed by atoms with E-state index in [-0.39, 0.29) is 36.2 Å². The minimum absolute atomic E-state index is 0.0556. The van der Waals surface area contributed by atoms with Gasteiger partial charge in [-0.3, -0.25) is 9.59 Å². The van der Waals surface area contributed by atoms with Crippen LogP contribution in [-0.2, 0) is 28.6 Å². The molecule has 2 unspecified atom stereocenters. The van der Waals surface area contributed by atoms with Crippen LogP contribution in [0.1, 0.15) is 226 Å². The lowest BCUT2D eigenvalue weighted by Gasteiger charge is -2.31. The first kappa shape index (κ1) is 64.5. The molecule has 0 aliphatic rings. The maximum atomic E-state index is 12.8. The summed E-state index contributed by atoms with van der Waals surface area (Å²) in [5.41, 5.74) is 0. The highest BCUT2D eigenvalue weighted by molar-refractivity contribution is 5.72. The number of carboxylic acids is 1. The third-order valence-corrected chi connectivity index (χ3v) is 12.0. The molecule has 0 aliphatic carbocycles. The van der Waals surface area contributed by atoms with Crippen LogP contribution in [-0.4, -0.2) is 80.6 Å². The monoisotopic (exact) mass is 951 g/mol. The first-order chi connectivity index (χ1) is 33.1. The van der Waals surface area contributed by atoms with Gasteiger partial charge in [-0.15, -0.1) is 0 Å². The average molecular weight is 951 g/mol. The Kier molecular flexibility index (Phi) is 47.4. The van der Waals surface area contributed by atoms with Gasteiger partial charge < -0.3 is 23.8 Å². The summed E-state index contributed by atoms with van der Waals surface area (Å²) in [7, 11) is 5.54. The molecular formula is C60H104NO7+. The fourth-order valence-electron chi connectivity index (χ4n) is 7.86. The Hall–Kier alpha value is -3.49. The lowest BCUT2D eigenvalue weighted by atomic mass is 10.0. The molecule has 0 aromatic carbocycles. The number of ether oxygens (including phenoxy) is 3. The van der Waals surface area contributed by atoms with Gasteiger partial charge in [0.2, 0.25) is 0 Å². The number of quaternary nitrogens is 1. The van der Waals surface area contributed by atoms with Crippen LogP contribution in [0.4, 0.5) is 0 Å². The number of carbonyl (C=O) groups excluding carboxylic acids is 2. The minimum atomic E-state index is -0.877. The summed E-state index contributed by atoms with van der Waals surface area (Å²) in [5.74, 6) is -1.47. The number of rotatable bonds is 49. The zero-order valence-corrected chi connectivity index (χ0v) is 44.5. The van der Waals surface area contributed by atoms with Gasteiger partial charge in [0.25, 0.3) is 0 Å². The quantitative estimate of drug-likeness (QED) is 0.0281. The molecule has 0 spiro atoms. The molecule has 68 heavy (non-hydrogen) atoms. The topological polar surface area (TPSA) is 99.1 Å². The molecule has 1 N–H and O–H groups in total. The van der Waals surface area contributed by atoms with Crippen molar-refractivity contribution in [3.63, 3.8) is 0 Å². The molecular weight excluding hydrogens is 847 g/mol. The van der Waals surface area contributed by atoms with Gasteiger partial charge in [0.15, 0.2) is 12.1 Å². The van der Waals surface area contributed by atoms with E-state index in [1.54, 1.807) is 0 Å². The first-order valence-corrected chi connectivity index (χ1v) is 27.6. The summed E-state index contributed by atoms with van der Waals surface area (Å²) in [5, 5.41) is 9.67. The number of nitrogens with zero attached hydrogens (tertiary/aromatic N) is 1. The van der Waals surface area contributed by atoms with Gasteiger partial charge in [-0.2, -0.15) is 0 Å². The number of aliphatic carboxylic acids is 1. The molecule has 2 atom stereocenters. The van der Waals surface area contributed by atoms with Crippen LogP contribution in [0.5, 0.6) is 0 Å². The smallest absolute Gasteiger partial charge is 0.362 e. The lowest BCUT2D eigenvalue weighted by molar-refractivity contribution is -0.887. The Morgan fingerprint density at radius 2 is 0.779 bits per heavy atom.